The van der Waals surface area contributed by atoms with E-state index in [1.54, 1.807) is 14.2 Å². The van der Waals surface area contributed by atoms with Crippen LogP contribution in [0, 0.1) is 0 Å². The number of ether oxygens (including phenoxy) is 2. The van der Waals surface area contributed by atoms with Gasteiger partial charge in [0.2, 0.25) is 0 Å². The largest absolute Gasteiger partial charge is 0.493 e. The fourth-order valence-electron chi connectivity index (χ4n) is 2.35. The fourth-order valence-corrected chi connectivity index (χ4v) is 3.57. The van der Waals surface area contributed by atoms with Crippen LogP contribution in [0.5, 0.6) is 11.5 Å². The van der Waals surface area contributed by atoms with Gasteiger partial charge in [-0.1, -0.05) is 6.07 Å². The van der Waals surface area contributed by atoms with Crippen molar-refractivity contribution in [1.82, 2.24) is 5.32 Å². The van der Waals surface area contributed by atoms with Gasteiger partial charge in [0.15, 0.2) is 11.5 Å². The molecule has 1 aromatic rings. The van der Waals surface area contributed by atoms with Crippen LogP contribution in [0.2, 0.25) is 0 Å². The molecular weight excluding hydrogens is 258 g/mol. The third-order valence-electron chi connectivity index (χ3n) is 3.58. The molecule has 1 saturated heterocycles. The Bertz CT molecular complexity index is 405. The Labute approximate surface area is 120 Å². The van der Waals surface area contributed by atoms with Gasteiger partial charge in [0.05, 0.1) is 14.2 Å². The van der Waals surface area contributed by atoms with Crippen molar-refractivity contribution in [3.05, 3.63) is 23.8 Å². The quantitative estimate of drug-likeness (QED) is 0.867. The van der Waals surface area contributed by atoms with E-state index in [2.05, 4.69) is 36.1 Å². The Balaban J connectivity index is 1.95. The topological polar surface area (TPSA) is 30.5 Å². The molecule has 2 atom stereocenters. The normalized spacial score (nSPS) is 20.3. The summed E-state index contributed by atoms with van der Waals surface area (Å²) in [5.41, 5.74) is 1.24. The van der Waals surface area contributed by atoms with Gasteiger partial charge in [-0.15, -0.1) is 0 Å². The maximum Gasteiger partial charge on any atom is 0.161 e. The smallest absolute Gasteiger partial charge is 0.161 e. The lowest BCUT2D eigenvalue weighted by Gasteiger charge is -2.18. The zero-order valence-electron chi connectivity index (χ0n) is 11.9. The minimum atomic E-state index is 0.334. The molecule has 19 heavy (non-hydrogen) atoms. The average molecular weight is 281 g/mol. The molecule has 0 saturated carbocycles. The Morgan fingerprint density at radius 1 is 1.32 bits per heavy atom. The SMILES string of the molecule is COc1ccc([C@@H](C)NC[C@H]2CCCS2)cc1OC. The summed E-state index contributed by atoms with van der Waals surface area (Å²) in [6.45, 7) is 3.28. The van der Waals surface area contributed by atoms with Gasteiger partial charge in [-0.05, 0) is 43.2 Å². The molecule has 0 aromatic heterocycles. The molecule has 2 rings (SSSR count). The summed E-state index contributed by atoms with van der Waals surface area (Å²) in [5.74, 6) is 2.89. The molecule has 0 amide bonds. The van der Waals surface area contributed by atoms with Gasteiger partial charge >= 0.3 is 0 Å². The molecule has 1 aliphatic heterocycles. The van der Waals surface area contributed by atoms with Crippen molar-refractivity contribution in [2.45, 2.75) is 31.1 Å². The molecular formula is C15H23NO2S. The molecule has 1 aliphatic rings. The van der Waals surface area contributed by atoms with E-state index in [0.29, 0.717) is 6.04 Å². The highest BCUT2D eigenvalue weighted by Crippen LogP contribution is 2.30. The van der Waals surface area contributed by atoms with Crippen LogP contribution in [-0.4, -0.2) is 31.8 Å². The second-order valence-electron chi connectivity index (χ2n) is 4.88. The number of benzene rings is 1. The Morgan fingerprint density at radius 2 is 2.11 bits per heavy atom. The fraction of sp³-hybridized carbons (Fsp3) is 0.600. The third kappa shape index (κ3) is 3.80. The second kappa shape index (κ2) is 7.06. The molecule has 106 valence electrons. The molecule has 1 heterocycles. The number of methoxy groups -OCH3 is 2. The second-order valence-corrected chi connectivity index (χ2v) is 6.29. The summed E-state index contributed by atoms with van der Waals surface area (Å²) in [4.78, 5) is 0. The van der Waals surface area contributed by atoms with Gasteiger partial charge in [-0.25, -0.2) is 0 Å². The van der Waals surface area contributed by atoms with Crippen LogP contribution >= 0.6 is 11.8 Å². The molecule has 1 N–H and O–H groups in total. The van der Waals surface area contributed by atoms with E-state index < -0.39 is 0 Å². The van der Waals surface area contributed by atoms with Crippen molar-refractivity contribution in [1.29, 1.82) is 0 Å². The number of nitrogens with one attached hydrogen (secondary N) is 1. The molecule has 0 radical (unpaired) electrons. The highest BCUT2D eigenvalue weighted by molar-refractivity contribution is 8.00. The molecule has 0 unspecified atom stereocenters. The monoisotopic (exact) mass is 281 g/mol. The van der Waals surface area contributed by atoms with Crippen LogP contribution in [0.25, 0.3) is 0 Å². The zero-order valence-corrected chi connectivity index (χ0v) is 12.8. The average Bonchev–Trinajstić information content (AvgIpc) is 2.97. The Hall–Kier alpha value is -0.870. The van der Waals surface area contributed by atoms with Gasteiger partial charge < -0.3 is 14.8 Å². The Kier molecular flexibility index (Phi) is 5.40. The number of thioether (sulfide) groups is 1. The predicted octanol–water partition coefficient (Wildman–Crippen LogP) is 3.25. The minimum Gasteiger partial charge on any atom is -0.493 e. The lowest BCUT2D eigenvalue weighted by molar-refractivity contribution is 0.354. The first-order valence-electron chi connectivity index (χ1n) is 6.81. The highest BCUT2D eigenvalue weighted by atomic mass is 32.2. The van der Waals surface area contributed by atoms with Crippen LogP contribution in [0.4, 0.5) is 0 Å². The van der Waals surface area contributed by atoms with Crippen molar-refractivity contribution in [2.75, 3.05) is 26.5 Å². The van der Waals surface area contributed by atoms with Crippen molar-refractivity contribution >= 4 is 11.8 Å². The van der Waals surface area contributed by atoms with E-state index in [1.807, 2.05) is 6.07 Å². The summed E-state index contributed by atoms with van der Waals surface area (Å²) >= 11 is 2.09. The highest BCUT2D eigenvalue weighted by Gasteiger charge is 2.17. The first-order valence-corrected chi connectivity index (χ1v) is 7.86. The maximum atomic E-state index is 5.35. The third-order valence-corrected chi connectivity index (χ3v) is 4.98. The van der Waals surface area contributed by atoms with Crippen molar-refractivity contribution in [3.8, 4) is 11.5 Å². The van der Waals surface area contributed by atoms with Crippen LogP contribution in [0.3, 0.4) is 0 Å². The van der Waals surface area contributed by atoms with Gasteiger partial charge in [0.25, 0.3) is 0 Å². The summed E-state index contributed by atoms with van der Waals surface area (Å²) in [5, 5.41) is 4.39. The molecule has 1 fully saturated rings. The van der Waals surface area contributed by atoms with Gasteiger partial charge in [-0.2, -0.15) is 11.8 Å². The minimum absolute atomic E-state index is 0.334. The predicted molar refractivity (Wildman–Crippen MR) is 81.4 cm³/mol. The molecule has 3 nitrogen and oxygen atoms in total. The number of rotatable bonds is 6. The van der Waals surface area contributed by atoms with Crippen molar-refractivity contribution in [3.63, 3.8) is 0 Å². The maximum absolute atomic E-state index is 5.35. The molecule has 4 heteroatoms. The van der Waals surface area contributed by atoms with E-state index in [4.69, 9.17) is 9.47 Å². The van der Waals surface area contributed by atoms with Crippen LogP contribution < -0.4 is 14.8 Å². The first-order chi connectivity index (χ1) is 9.24. The van der Waals surface area contributed by atoms with E-state index in [0.717, 1.165) is 23.3 Å². The molecule has 1 aromatic carbocycles. The van der Waals surface area contributed by atoms with Crippen LogP contribution in [-0.2, 0) is 0 Å². The zero-order chi connectivity index (χ0) is 13.7. The summed E-state index contributed by atoms with van der Waals surface area (Å²) in [6, 6.07) is 6.46. The number of hydrogen-bond donors (Lipinski definition) is 1. The summed E-state index contributed by atoms with van der Waals surface area (Å²) in [7, 11) is 3.34. The van der Waals surface area contributed by atoms with Gasteiger partial charge in [0, 0.05) is 17.8 Å². The van der Waals surface area contributed by atoms with Gasteiger partial charge in [-0.3, -0.25) is 0 Å². The molecule has 0 bridgehead atoms. The lowest BCUT2D eigenvalue weighted by atomic mass is 10.1. The molecule has 0 spiro atoms. The van der Waals surface area contributed by atoms with Crippen LogP contribution in [0.15, 0.2) is 18.2 Å². The standard InChI is InChI=1S/C15H23NO2S/c1-11(16-10-13-5-4-8-19-13)12-6-7-14(17-2)15(9-12)18-3/h6-7,9,11,13,16H,4-5,8,10H2,1-3H3/t11-,13-/m1/s1. The Morgan fingerprint density at radius 3 is 2.74 bits per heavy atom. The first kappa shape index (κ1) is 14.5. The van der Waals surface area contributed by atoms with E-state index in [9.17, 15) is 0 Å². The van der Waals surface area contributed by atoms with E-state index in [1.165, 1.54) is 24.2 Å². The van der Waals surface area contributed by atoms with Gasteiger partial charge in [0.1, 0.15) is 0 Å². The molecule has 0 aliphatic carbocycles. The number of hydrogen-bond acceptors (Lipinski definition) is 4. The summed E-state index contributed by atoms with van der Waals surface area (Å²) in [6.07, 6.45) is 2.71. The van der Waals surface area contributed by atoms with Crippen molar-refractivity contribution < 1.29 is 9.47 Å². The lowest BCUT2D eigenvalue weighted by Crippen LogP contribution is -2.26. The van der Waals surface area contributed by atoms with E-state index in [-0.39, 0.29) is 0 Å². The van der Waals surface area contributed by atoms with Crippen LogP contribution in [0.1, 0.15) is 31.4 Å². The van der Waals surface area contributed by atoms with E-state index >= 15 is 0 Å². The van der Waals surface area contributed by atoms with Crippen molar-refractivity contribution in [2.24, 2.45) is 0 Å². The summed E-state index contributed by atoms with van der Waals surface area (Å²) < 4.78 is 10.6.